The predicted octanol–water partition coefficient (Wildman–Crippen LogP) is 4.53. The minimum atomic E-state index is -0.0317. The molecule has 2 saturated carbocycles. The van der Waals surface area contributed by atoms with Gasteiger partial charge in [-0.1, -0.05) is 19.9 Å². The molecule has 22 heavy (non-hydrogen) atoms. The molecule has 6 unspecified atom stereocenters. The molecule has 2 nitrogen and oxygen atoms in total. The molecule has 4 rings (SSSR count). The monoisotopic (exact) mass is 316 g/mol. The Kier molecular flexibility index (Phi) is 3.38. The maximum absolute atomic E-state index is 12.4. The Bertz CT molecular complexity index is 626. The van der Waals surface area contributed by atoms with Crippen molar-refractivity contribution >= 4 is 15.2 Å². The highest BCUT2D eigenvalue weighted by atomic mass is 31.0. The summed E-state index contributed by atoms with van der Waals surface area (Å²) in [6.45, 7) is 4.64. The van der Waals surface area contributed by atoms with E-state index in [1.54, 1.807) is 0 Å². The molecule has 1 aromatic carbocycles. The molecule has 0 saturated heterocycles. The van der Waals surface area contributed by atoms with Crippen molar-refractivity contribution in [3.8, 4) is 5.75 Å². The van der Waals surface area contributed by atoms with Gasteiger partial charge in [-0.15, -0.1) is 0 Å². The number of benzene rings is 1. The highest BCUT2D eigenvalue weighted by Gasteiger charge is 2.56. The minimum Gasteiger partial charge on any atom is -0.480 e. The topological polar surface area (TPSA) is 26.3 Å². The summed E-state index contributed by atoms with van der Waals surface area (Å²) in [7, 11) is 2.34. The van der Waals surface area contributed by atoms with Crippen LogP contribution < -0.4 is 4.52 Å². The lowest BCUT2D eigenvalue weighted by atomic mass is 9.53. The molecule has 0 amide bonds. The van der Waals surface area contributed by atoms with E-state index < -0.39 is 0 Å². The normalized spacial score (nSPS) is 39.9. The molecule has 3 aliphatic rings. The van der Waals surface area contributed by atoms with Crippen LogP contribution in [-0.4, -0.2) is 5.78 Å². The number of rotatable bonds is 1. The average molecular weight is 316 g/mol. The first-order valence-electron chi connectivity index (χ1n) is 8.57. The summed E-state index contributed by atoms with van der Waals surface area (Å²) < 4.78 is 5.32. The number of ketones is 1. The predicted molar refractivity (Wildman–Crippen MR) is 91.0 cm³/mol. The molecule has 0 N–H and O–H groups in total. The highest BCUT2D eigenvalue weighted by Crippen LogP contribution is 2.60. The van der Waals surface area contributed by atoms with E-state index in [1.807, 2.05) is 0 Å². The Labute approximate surface area is 135 Å². The fraction of sp³-hybridized carbons (Fsp3) is 0.632. The van der Waals surface area contributed by atoms with Crippen molar-refractivity contribution < 1.29 is 9.32 Å². The largest absolute Gasteiger partial charge is 0.480 e. The van der Waals surface area contributed by atoms with Gasteiger partial charge in [-0.05, 0) is 72.6 Å². The van der Waals surface area contributed by atoms with Crippen LogP contribution in [0.3, 0.4) is 0 Å². The Morgan fingerprint density at radius 1 is 1.32 bits per heavy atom. The molecule has 0 heterocycles. The molecule has 3 heteroatoms. The zero-order valence-corrected chi connectivity index (χ0v) is 14.6. The van der Waals surface area contributed by atoms with Crippen molar-refractivity contribution in [3.63, 3.8) is 0 Å². The number of carbonyl (C=O) groups is 1. The van der Waals surface area contributed by atoms with Gasteiger partial charge in [-0.25, -0.2) is 0 Å². The summed E-state index contributed by atoms with van der Waals surface area (Å²) in [5, 5.41) is 0. The summed E-state index contributed by atoms with van der Waals surface area (Å²) in [5.74, 6) is 4.04. The van der Waals surface area contributed by atoms with E-state index in [0.29, 0.717) is 29.5 Å². The molecule has 118 valence electrons. The third-order valence-electron chi connectivity index (χ3n) is 6.89. The molecule has 0 spiro atoms. The number of hydrogen-bond acceptors (Lipinski definition) is 2. The number of Topliss-reactive ketones (excluding diaryl/α,β-unsaturated/α-hetero) is 1. The minimum absolute atomic E-state index is 0.0317. The van der Waals surface area contributed by atoms with E-state index in [4.69, 9.17) is 4.52 Å². The zero-order chi connectivity index (χ0) is 15.5. The molecule has 0 aliphatic heterocycles. The Balaban J connectivity index is 1.75. The van der Waals surface area contributed by atoms with Crippen LogP contribution in [0.5, 0.6) is 5.75 Å². The van der Waals surface area contributed by atoms with Gasteiger partial charge in [0.05, 0.1) is 9.47 Å². The number of carbonyl (C=O) groups excluding carboxylic acids is 1. The second-order valence-electron chi connectivity index (χ2n) is 7.87. The second kappa shape index (κ2) is 5.06. The summed E-state index contributed by atoms with van der Waals surface area (Å²) in [5.41, 5.74) is 2.95. The zero-order valence-electron chi connectivity index (χ0n) is 13.5. The van der Waals surface area contributed by atoms with Crippen LogP contribution >= 0.6 is 9.47 Å². The SMILES string of the molecule is CC1Cc2cc(OP)ccc2C2CCC3(C)C(=O)CCC3C12. The van der Waals surface area contributed by atoms with Gasteiger partial charge < -0.3 is 4.52 Å². The second-order valence-corrected chi connectivity index (χ2v) is 8.10. The van der Waals surface area contributed by atoms with Crippen LogP contribution in [0.4, 0.5) is 0 Å². The van der Waals surface area contributed by atoms with Crippen molar-refractivity contribution in [2.45, 2.75) is 51.9 Å². The maximum atomic E-state index is 12.4. The number of hydrogen-bond donors (Lipinski definition) is 0. The lowest BCUT2D eigenvalue weighted by Gasteiger charge is -2.51. The smallest absolute Gasteiger partial charge is 0.139 e. The van der Waals surface area contributed by atoms with E-state index in [-0.39, 0.29) is 5.41 Å². The summed E-state index contributed by atoms with van der Waals surface area (Å²) in [6.07, 6.45) is 5.29. The van der Waals surface area contributed by atoms with Crippen LogP contribution in [0.15, 0.2) is 18.2 Å². The van der Waals surface area contributed by atoms with Gasteiger partial charge in [-0.3, -0.25) is 4.79 Å². The molecule has 6 atom stereocenters. The highest BCUT2D eigenvalue weighted by molar-refractivity contribution is 7.10. The van der Waals surface area contributed by atoms with E-state index in [2.05, 4.69) is 41.5 Å². The third-order valence-corrected chi connectivity index (χ3v) is 7.16. The van der Waals surface area contributed by atoms with Gasteiger partial charge in [0, 0.05) is 11.8 Å². The average Bonchev–Trinajstić information content (AvgIpc) is 2.82. The van der Waals surface area contributed by atoms with Crippen molar-refractivity contribution in [3.05, 3.63) is 29.3 Å². The van der Waals surface area contributed by atoms with Gasteiger partial charge >= 0.3 is 0 Å². The van der Waals surface area contributed by atoms with Crippen LogP contribution in [0, 0.1) is 23.2 Å². The molecule has 1 aromatic rings. The summed E-state index contributed by atoms with van der Waals surface area (Å²) in [4.78, 5) is 12.4. The van der Waals surface area contributed by atoms with E-state index in [0.717, 1.165) is 31.4 Å². The Hall–Kier alpha value is -0.880. The lowest BCUT2D eigenvalue weighted by Crippen LogP contribution is -2.45. The van der Waals surface area contributed by atoms with Crippen LogP contribution in [0.25, 0.3) is 0 Å². The van der Waals surface area contributed by atoms with Crippen molar-refractivity contribution in [1.29, 1.82) is 0 Å². The van der Waals surface area contributed by atoms with Crippen LogP contribution in [-0.2, 0) is 11.2 Å². The molecule has 0 radical (unpaired) electrons. The maximum Gasteiger partial charge on any atom is 0.139 e. The third kappa shape index (κ3) is 1.92. The Morgan fingerprint density at radius 2 is 2.14 bits per heavy atom. The lowest BCUT2D eigenvalue weighted by molar-refractivity contribution is -0.129. The van der Waals surface area contributed by atoms with Crippen molar-refractivity contribution in [2.75, 3.05) is 0 Å². The first-order valence-corrected chi connectivity index (χ1v) is 9.04. The van der Waals surface area contributed by atoms with Crippen molar-refractivity contribution in [2.24, 2.45) is 23.2 Å². The summed E-state index contributed by atoms with van der Waals surface area (Å²) in [6, 6.07) is 6.58. The fourth-order valence-electron chi connectivity index (χ4n) is 5.80. The fourth-order valence-corrected chi connectivity index (χ4v) is 5.95. The van der Waals surface area contributed by atoms with Gasteiger partial charge in [0.25, 0.3) is 0 Å². The number of fused-ring (bicyclic) bond motifs is 5. The quantitative estimate of drug-likeness (QED) is 0.712. The van der Waals surface area contributed by atoms with E-state index in [9.17, 15) is 4.79 Å². The molecule has 0 aromatic heterocycles. The molecule has 0 bridgehead atoms. The van der Waals surface area contributed by atoms with Gasteiger partial charge in [0.15, 0.2) is 0 Å². The molecular formula is C19H25O2P. The van der Waals surface area contributed by atoms with E-state index in [1.165, 1.54) is 17.5 Å². The van der Waals surface area contributed by atoms with Crippen LogP contribution in [0.2, 0.25) is 0 Å². The molecule has 3 aliphatic carbocycles. The summed E-state index contributed by atoms with van der Waals surface area (Å²) >= 11 is 0. The van der Waals surface area contributed by atoms with Crippen molar-refractivity contribution in [1.82, 2.24) is 0 Å². The van der Waals surface area contributed by atoms with Gasteiger partial charge in [0.2, 0.25) is 0 Å². The Morgan fingerprint density at radius 3 is 2.91 bits per heavy atom. The van der Waals surface area contributed by atoms with Gasteiger partial charge in [-0.2, -0.15) is 0 Å². The van der Waals surface area contributed by atoms with E-state index >= 15 is 0 Å². The van der Waals surface area contributed by atoms with Gasteiger partial charge in [0.1, 0.15) is 11.5 Å². The first-order chi connectivity index (χ1) is 10.5. The molecular weight excluding hydrogens is 291 g/mol. The first kappa shape index (κ1) is 14.7. The molecule has 2 fully saturated rings. The standard InChI is InChI=1S/C19H25O2P/c1-11-9-12-10-13(21-22)3-4-14(12)15-7-8-19(2)16(18(11)15)5-6-17(19)20/h3-4,10-11,15-16,18H,5-9,22H2,1-2H3. The van der Waals surface area contributed by atoms with Crippen LogP contribution in [0.1, 0.15) is 56.6 Å².